The van der Waals surface area contributed by atoms with Crippen LogP contribution in [0.2, 0.25) is 0 Å². The molecule has 0 saturated heterocycles. The van der Waals surface area contributed by atoms with Gasteiger partial charge < -0.3 is 19.8 Å². The van der Waals surface area contributed by atoms with Crippen LogP contribution >= 0.6 is 0 Å². The summed E-state index contributed by atoms with van der Waals surface area (Å²) in [6, 6.07) is 0. The number of hydrogen-bond acceptors (Lipinski definition) is 4. The maximum Gasteiger partial charge on any atom is 1.00 e. The van der Waals surface area contributed by atoms with Crippen LogP contribution < -0.4 is 69.3 Å². The standard InChI is InChI=1S/C7H2F10O4.2Na/c8-3(9,1(18)19)5(12,13)7(16,17)6(14,15)4(10,11)2(20)21;;/h(H,18,19)(H,20,21);;/q;2*+1/p-2. The molecule has 0 heterocycles. The number of rotatable bonds is 6. The molecule has 16 heteroatoms. The molecule has 0 rings (SSSR count). The SMILES string of the molecule is O=C([O-])C(F)(F)C(F)(F)C(F)(F)C(F)(F)C(F)(F)C(=O)[O-].[Na+].[Na+]. The molecule has 0 aromatic heterocycles. The maximum absolute atomic E-state index is 12.6. The average molecular weight is 384 g/mol. The van der Waals surface area contributed by atoms with E-state index in [-0.39, 0.29) is 59.1 Å². The van der Waals surface area contributed by atoms with Gasteiger partial charge in [-0.2, -0.15) is 43.9 Å². The fourth-order valence-electron chi connectivity index (χ4n) is 0.848. The zero-order valence-electron chi connectivity index (χ0n) is 10.9. The first kappa shape index (κ1) is 28.1. The normalized spacial score (nSPS) is 13.7. The molecule has 0 aliphatic heterocycles. The largest absolute Gasteiger partial charge is 1.00 e. The molecule has 0 bridgehead atoms. The van der Waals surface area contributed by atoms with Crippen LogP contribution in [-0.2, 0) is 9.59 Å². The molecule has 124 valence electrons. The summed E-state index contributed by atoms with van der Waals surface area (Å²) >= 11 is 0. The first-order valence-electron chi connectivity index (χ1n) is 4.21. The third-order valence-corrected chi connectivity index (χ3v) is 2.09. The first-order valence-corrected chi connectivity index (χ1v) is 4.21. The van der Waals surface area contributed by atoms with Crippen molar-refractivity contribution in [3.63, 3.8) is 0 Å². The Hall–Kier alpha value is 0.240. The van der Waals surface area contributed by atoms with E-state index in [2.05, 4.69) is 0 Å². The van der Waals surface area contributed by atoms with Crippen LogP contribution in [0.15, 0.2) is 0 Å². The molecular formula is C7F10Na2O4. The van der Waals surface area contributed by atoms with Gasteiger partial charge in [0.15, 0.2) is 0 Å². The number of carbonyl (C=O) groups is 2. The van der Waals surface area contributed by atoms with Crippen LogP contribution in [0.5, 0.6) is 0 Å². The Morgan fingerprint density at radius 1 is 0.522 bits per heavy atom. The molecule has 0 radical (unpaired) electrons. The molecule has 4 nitrogen and oxygen atoms in total. The topological polar surface area (TPSA) is 80.3 Å². The van der Waals surface area contributed by atoms with Crippen LogP contribution in [0.1, 0.15) is 0 Å². The number of carbonyl (C=O) groups excluding carboxylic acids is 2. The zero-order chi connectivity index (χ0) is 17.7. The molecule has 0 fully saturated rings. The van der Waals surface area contributed by atoms with Gasteiger partial charge >= 0.3 is 88.7 Å². The Kier molecular flexibility index (Phi) is 9.32. The minimum atomic E-state index is -7.78. The van der Waals surface area contributed by atoms with Gasteiger partial charge in [0.1, 0.15) is 11.9 Å². The van der Waals surface area contributed by atoms with E-state index in [0.717, 1.165) is 0 Å². The predicted molar refractivity (Wildman–Crippen MR) is 34.7 cm³/mol. The number of hydrogen-bond donors (Lipinski definition) is 0. The second kappa shape index (κ2) is 7.64. The molecule has 0 unspecified atom stereocenters. The molecule has 0 aliphatic rings. The smallest absolute Gasteiger partial charge is 0.544 e. The van der Waals surface area contributed by atoms with E-state index < -0.39 is 41.6 Å². The summed E-state index contributed by atoms with van der Waals surface area (Å²) in [4.78, 5) is 19.2. The van der Waals surface area contributed by atoms with Crippen LogP contribution in [0, 0.1) is 0 Å². The summed E-state index contributed by atoms with van der Waals surface area (Å²) in [5.74, 6) is -45.6. The van der Waals surface area contributed by atoms with E-state index in [9.17, 15) is 63.7 Å². The van der Waals surface area contributed by atoms with E-state index in [1.54, 1.807) is 0 Å². The summed E-state index contributed by atoms with van der Waals surface area (Å²) in [6.07, 6.45) is 0. The monoisotopic (exact) mass is 384 g/mol. The quantitative estimate of drug-likeness (QED) is 0.337. The molecule has 0 aliphatic carbocycles. The fourth-order valence-corrected chi connectivity index (χ4v) is 0.848. The Morgan fingerprint density at radius 2 is 0.696 bits per heavy atom. The third-order valence-electron chi connectivity index (χ3n) is 2.09. The number of carboxylic acids is 2. The molecular weight excluding hydrogens is 384 g/mol. The van der Waals surface area contributed by atoms with Crippen molar-refractivity contribution in [3.8, 4) is 0 Å². The van der Waals surface area contributed by atoms with Gasteiger partial charge in [0.2, 0.25) is 0 Å². The van der Waals surface area contributed by atoms with Gasteiger partial charge in [-0.25, -0.2) is 0 Å². The van der Waals surface area contributed by atoms with Crippen molar-refractivity contribution >= 4 is 11.9 Å². The van der Waals surface area contributed by atoms with Crippen molar-refractivity contribution < 1.29 is 123 Å². The minimum absolute atomic E-state index is 0. The van der Waals surface area contributed by atoms with Crippen molar-refractivity contribution in [2.45, 2.75) is 29.6 Å². The van der Waals surface area contributed by atoms with Crippen molar-refractivity contribution in [2.75, 3.05) is 0 Å². The minimum Gasteiger partial charge on any atom is -0.544 e. The van der Waals surface area contributed by atoms with Crippen molar-refractivity contribution in [3.05, 3.63) is 0 Å². The Balaban J connectivity index is -0.00000200. The molecule has 0 saturated carbocycles. The predicted octanol–water partition coefficient (Wildman–Crippen LogP) is -6.33. The van der Waals surface area contributed by atoms with E-state index in [1.807, 2.05) is 0 Å². The van der Waals surface area contributed by atoms with E-state index in [1.165, 1.54) is 0 Å². The van der Waals surface area contributed by atoms with Gasteiger partial charge in [-0.05, 0) is 0 Å². The summed E-state index contributed by atoms with van der Waals surface area (Å²) < 4.78 is 125. The van der Waals surface area contributed by atoms with Crippen molar-refractivity contribution in [1.82, 2.24) is 0 Å². The van der Waals surface area contributed by atoms with Gasteiger partial charge in [-0.1, -0.05) is 0 Å². The summed E-state index contributed by atoms with van der Waals surface area (Å²) in [5.41, 5.74) is 0. The van der Waals surface area contributed by atoms with Crippen molar-refractivity contribution in [2.24, 2.45) is 0 Å². The van der Waals surface area contributed by atoms with Crippen LogP contribution in [-0.4, -0.2) is 41.6 Å². The van der Waals surface area contributed by atoms with Gasteiger partial charge in [0.05, 0.1) is 0 Å². The van der Waals surface area contributed by atoms with Gasteiger partial charge in [-0.3, -0.25) is 0 Å². The molecule has 0 spiro atoms. The number of aliphatic carboxylic acids is 2. The molecule has 0 N–H and O–H groups in total. The zero-order valence-corrected chi connectivity index (χ0v) is 14.9. The molecule has 23 heavy (non-hydrogen) atoms. The summed E-state index contributed by atoms with van der Waals surface area (Å²) in [5, 5.41) is 19.2. The van der Waals surface area contributed by atoms with E-state index >= 15 is 0 Å². The molecule has 0 aromatic carbocycles. The third kappa shape index (κ3) is 3.92. The summed E-state index contributed by atoms with van der Waals surface area (Å²) in [7, 11) is 0. The van der Waals surface area contributed by atoms with Crippen molar-refractivity contribution in [1.29, 1.82) is 0 Å². The van der Waals surface area contributed by atoms with E-state index in [0.29, 0.717) is 0 Å². The van der Waals surface area contributed by atoms with Gasteiger partial charge in [-0.15, -0.1) is 0 Å². The van der Waals surface area contributed by atoms with Crippen LogP contribution in [0.25, 0.3) is 0 Å². The Labute approximate surface area is 163 Å². The number of alkyl halides is 10. The van der Waals surface area contributed by atoms with Crippen LogP contribution in [0.3, 0.4) is 0 Å². The molecule has 0 aromatic rings. The fraction of sp³-hybridized carbons (Fsp3) is 0.714. The summed E-state index contributed by atoms with van der Waals surface area (Å²) in [6.45, 7) is 0. The second-order valence-corrected chi connectivity index (χ2v) is 3.45. The van der Waals surface area contributed by atoms with Gasteiger partial charge in [0.25, 0.3) is 0 Å². The molecule has 0 atom stereocenters. The number of halogens is 10. The van der Waals surface area contributed by atoms with Crippen LogP contribution in [0.4, 0.5) is 43.9 Å². The average Bonchev–Trinajstić information content (AvgIpc) is 2.27. The Bertz CT molecular complexity index is 426. The number of carboxylic acid groups (broad SMARTS) is 2. The molecule has 0 amide bonds. The second-order valence-electron chi connectivity index (χ2n) is 3.45. The van der Waals surface area contributed by atoms with Gasteiger partial charge in [0, 0.05) is 0 Å². The maximum atomic E-state index is 12.6. The van der Waals surface area contributed by atoms with E-state index in [4.69, 9.17) is 0 Å². The Morgan fingerprint density at radius 3 is 0.826 bits per heavy atom. The first-order chi connectivity index (χ1) is 8.89.